The number of benzene rings is 2. The van der Waals surface area contributed by atoms with Gasteiger partial charge >= 0.3 is 0 Å². The van der Waals surface area contributed by atoms with Crippen molar-refractivity contribution in [1.82, 2.24) is 0 Å². The molecule has 21 heavy (non-hydrogen) atoms. The highest BCUT2D eigenvalue weighted by Gasteiger charge is 2.30. The minimum atomic E-state index is 0.00173. The van der Waals surface area contributed by atoms with Crippen LogP contribution < -0.4 is 10.1 Å². The second-order valence-electron chi connectivity index (χ2n) is 5.38. The van der Waals surface area contributed by atoms with Crippen molar-refractivity contribution in [3.05, 3.63) is 59.2 Å². The van der Waals surface area contributed by atoms with E-state index in [4.69, 9.17) is 4.74 Å². The van der Waals surface area contributed by atoms with Gasteiger partial charge in [-0.2, -0.15) is 0 Å². The van der Waals surface area contributed by atoms with Gasteiger partial charge in [0.1, 0.15) is 5.75 Å². The third-order valence-electron chi connectivity index (χ3n) is 4.26. The van der Waals surface area contributed by atoms with Crippen LogP contribution >= 0.6 is 0 Å². The molecule has 1 aliphatic carbocycles. The Hall–Kier alpha value is -2.55. The van der Waals surface area contributed by atoms with Gasteiger partial charge in [-0.3, -0.25) is 4.79 Å². The van der Waals surface area contributed by atoms with E-state index in [1.807, 2.05) is 36.4 Å². The van der Waals surface area contributed by atoms with Gasteiger partial charge in [0.05, 0.1) is 12.7 Å². The third-order valence-corrected chi connectivity index (χ3v) is 4.26. The molecule has 1 heterocycles. The fourth-order valence-electron chi connectivity index (χ4n) is 3.25. The first-order valence-electron chi connectivity index (χ1n) is 7.09. The van der Waals surface area contributed by atoms with Crippen molar-refractivity contribution in [3.8, 4) is 5.75 Å². The number of amides is 1. The number of ether oxygens (including phenoxy) is 1. The first kappa shape index (κ1) is 12.2. The Labute approximate surface area is 123 Å². The van der Waals surface area contributed by atoms with Crippen LogP contribution in [-0.2, 0) is 11.2 Å². The molecule has 0 bridgehead atoms. The summed E-state index contributed by atoms with van der Waals surface area (Å²) in [4.78, 5) is 12.4. The molecule has 2 aromatic carbocycles. The zero-order valence-corrected chi connectivity index (χ0v) is 11.8. The van der Waals surface area contributed by atoms with Crippen molar-refractivity contribution < 1.29 is 9.53 Å². The number of rotatable bonds is 1. The van der Waals surface area contributed by atoms with Crippen LogP contribution in [0.2, 0.25) is 0 Å². The molecular formula is C18H15NO2. The summed E-state index contributed by atoms with van der Waals surface area (Å²) in [7, 11) is 1.67. The van der Waals surface area contributed by atoms with Crippen molar-refractivity contribution in [3.63, 3.8) is 0 Å². The zero-order chi connectivity index (χ0) is 14.4. The lowest BCUT2D eigenvalue weighted by Gasteiger charge is -2.07. The molecule has 0 saturated carbocycles. The maximum absolute atomic E-state index is 12.4. The van der Waals surface area contributed by atoms with Crippen LogP contribution in [0.5, 0.6) is 5.75 Å². The fourth-order valence-corrected chi connectivity index (χ4v) is 3.25. The predicted octanol–water partition coefficient (Wildman–Crippen LogP) is 3.50. The molecule has 104 valence electrons. The van der Waals surface area contributed by atoms with Gasteiger partial charge in [-0.15, -0.1) is 0 Å². The molecule has 1 N–H and O–H groups in total. The molecular weight excluding hydrogens is 262 g/mol. The second kappa shape index (κ2) is 4.48. The molecule has 1 amide bonds. The summed E-state index contributed by atoms with van der Waals surface area (Å²) < 4.78 is 5.32. The van der Waals surface area contributed by atoms with E-state index < -0.39 is 0 Å². The molecule has 2 aromatic rings. The topological polar surface area (TPSA) is 38.3 Å². The van der Waals surface area contributed by atoms with Gasteiger partial charge < -0.3 is 10.1 Å². The van der Waals surface area contributed by atoms with Crippen LogP contribution in [0, 0.1) is 0 Å². The number of hydrogen-bond acceptors (Lipinski definition) is 2. The average molecular weight is 277 g/mol. The van der Waals surface area contributed by atoms with Crippen LogP contribution in [0.3, 0.4) is 0 Å². The predicted molar refractivity (Wildman–Crippen MR) is 83.2 cm³/mol. The molecule has 0 unspecified atom stereocenters. The molecule has 3 nitrogen and oxygen atoms in total. The SMILES string of the molecule is COc1ccc2c(c1)/C(=C1\C(=O)Nc3ccccc31)CC2. The largest absolute Gasteiger partial charge is 0.497 e. The van der Waals surface area contributed by atoms with E-state index >= 15 is 0 Å². The van der Waals surface area contributed by atoms with E-state index in [2.05, 4.69) is 11.4 Å². The van der Waals surface area contributed by atoms with Crippen molar-refractivity contribution in [2.75, 3.05) is 12.4 Å². The summed E-state index contributed by atoms with van der Waals surface area (Å²) in [6.07, 6.45) is 1.88. The Morgan fingerprint density at radius 2 is 1.90 bits per heavy atom. The Morgan fingerprint density at radius 3 is 2.76 bits per heavy atom. The summed E-state index contributed by atoms with van der Waals surface area (Å²) in [5.74, 6) is 0.835. The lowest BCUT2D eigenvalue weighted by atomic mass is 9.96. The van der Waals surface area contributed by atoms with Gasteiger partial charge in [-0.25, -0.2) is 0 Å². The molecule has 4 rings (SSSR count). The first-order chi connectivity index (χ1) is 10.3. The maximum Gasteiger partial charge on any atom is 0.256 e. The molecule has 0 atom stereocenters. The lowest BCUT2D eigenvalue weighted by Crippen LogP contribution is -2.05. The van der Waals surface area contributed by atoms with Crippen LogP contribution in [0.15, 0.2) is 42.5 Å². The summed E-state index contributed by atoms with van der Waals surface area (Å²) in [6.45, 7) is 0. The number of hydrogen-bond donors (Lipinski definition) is 1. The standard InChI is InChI=1S/C18H15NO2/c1-21-12-8-6-11-7-9-13(15(11)10-12)17-14-4-2-3-5-16(14)19-18(17)20/h2-6,8,10H,7,9H2,1H3,(H,19,20)/b17-13-. The lowest BCUT2D eigenvalue weighted by molar-refractivity contribution is -0.110. The van der Waals surface area contributed by atoms with Gasteiger partial charge in [0.15, 0.2) is 0 Å². The summed E-state index contributed by atoms with van der Waals surface area (Å²) >= 11 is 0. The number of para-hydroxylation sites is 1. The van der Waals surface area contributed by atoms with Gasteiger partial charge in [0.25, 0.3) is 5.91 Å². The first-order valence-corrected chi connectivity index (χ1v) is 7.09. The highest BCUT2D eigenvalue weighted by Crippen LogP contribution is 2.43. The summed E-state index contributed by atoms with van der Waals surface area (Å²) in [6, 6.07) is 14.0. The van der Waals surface area contributed by atoms with E-state index in [9.17, 15) is 4.79 Å². The Kier molecular flexibility index (Phi) is 2.61. The maximum atomic E-state index is 12.4. The molecule has 0 radical (unpaired) electrons. The number of aryl methyl sites for hydroxylation is 1. The van der Waals surface area contributed by atoms with E-state index in [0.717, 1.165) is 46.6 Å². The molecule has 3 heteroatoms. The van der Waals surface area contributed by atoms with E-state index in [0.29, 0.717) is 0 Å². The molecule has 0 spiro atoms. The monoisotopic (exact) mass is 277 g/mol. The minimum absolute atomic E-state index is 0.00173. The molecule has 1 aliphatic heterocycles. The smallest absolute Gasteiger partial charge is 0.256 e. The van der Waals surface area contributed by atoms with Crippen molar-refractivity contribution in [2.24, 2.45) is 0 Å². The Morgan fingerprint density at radius 1 is 1.05 bits per heavy atom. The average Bonchev–Trinajstić information content (AvgIpc) is 3.06. The third kappa shape index (κ3) is 1.77. The minimum Gasteiger partial charge on any atom is -0.497 e. The summed E-state index contributed by atoms with van der Waals surface area (Å²) in [5, 5.41) is 2.96. The second-order valence-corrected chi connectivity index (χ2v) is 5.38. The highest BCUT2D eigenvalue weighted by molar-refractivity contribution is 6.37. The number of nitrogens with one attached hydrogen (secondary N) is 1. The van der Waals surface area contributed by atoms with Crippen LogP contribution in [0.25, 0.3) is 11.1 Å². The van der Waals surface area contributed by atoms with Crippen molar-refractivity contribution in [1.29, 1.82) is 0 Å². The van der Waals surface area contributed by atoms with E-state index in [1.54, 1.807) is 7.11 Å². The number of anilines is 1. The molecule has 0 fully saturated rings. The van der Waals surface area contributed by atoms with Crippen LogP contribution in [0.1, 0.15) is 23.1 Å². The number of methoxy groups -OCH3 is 1. The number of fused-ring (bicyclic) bond motifs is 2. The Balaban J connectivity index is 1.95. The van der Waals surface area contributed by atoms with Crippen LogP contribution in [-0.4, -0.2) is 13.0 Å². The van der Waals surface area contributed by atoms with Gasteiger partial charge in [0.2, 0.25) is 0 Å². The van der Waals surface area contributed by atoms with Gasteiger partial charge in [0, 0.05) is 11.3 Å². The highest BCUT2D eigenvalue weighted by atomic mass is 16.5. The van der Waals surface area contributed by atoms with Crippen LogP contribution in [0.4, 0.5) is 5.69 Å². The number of carbonyl (C=O) groups excluding carboxylic acids is 1. The molecule has 0 saturated heterocycles. The van der Waals surface area contributed by atoms with Gasteiger partial charge in [-0.05, 0) is 47.7 Å². The quantitative estimate of drug-likeness (QED) is 0.810. The van der Waals surface area contributed by atoms with Crippen molar-refractivity contribution in [2.45, 2.75) is 12.8 Å². The molecule has 0 aromatic heterocycles. The fraction of sp³-hybridized carbons (Fsp3) is 0.167. The Bertz CT molecular complexity index is 790. The van der Waals surface area contributed by atoms with E-state index in [-0.39, 0.29) is 5.91 Å². The van der Waals surface area contributed by atoms with Crippen molar-refractivity contribution >= 4 is 22.7 Å². The van der Waals surface area contributed by atoms with E-state index in [1.165, 1.54) is 5.56 Å². The normalized spacial score (nSPS) is 19.2. The number of allylic oxidation sites excluding steroid dienone is 1. The zero-order valence-electron chi connectivity index (χ0n) is 11.8. The van der Waals surface area contributed by atoms with Gasteiger partial charge in [-0.1, -0.05) is 24.3 Å². The molecule has 2 aliphatic rings. The summed E-state index contributed by atoms with van der Waals surface area (Å²) in [5.41, 5.74) is 6.30. The number of carbonyl (C=O) groups is 1.